The van der Waals surface area contributed by atoms with Crippen molar-refractivity contribution in [1.82, 2.24) is 20.8 Å². The molecule has 0 spiro atoms. The first-order valence-electron chi connectivity index (χ1n) is 7.82. The number of para-hydroxylation sites is 1. The maximum atomic E-state index is 5.69. The van der Waals surface area contributed by atoms with Gasteiger partial charge in [0.2, 0.25) is 5.89 Å². The van der Waals surface area contributed by atoms with E-state index in [4.69, 9.17) is 9.26 Å². The summed E-state index contributed by atoms with van der Waals surface area (Å²) >= 11 is 0. The van der Waals surface area contributed by atoms with Crippen LogP contribution >= 0.6 is 24.0 Å². The molecule has 2 N–H and O–H groups in total. The van der Waals surface area contributed by atoms with Gasteiger partial charge < -0.3 is 19.9 Å². The summed E-state index contributed by atoms with van der Waals surface area (Å²) in [7, 11) is 0. The number of nitrogens with zero attached hydrogens (tertiary/aromatic N) is 3. The molecule has 1 unspecified atom stereocenters. The standard InChI is InChI=1S/C16H21N5O2.HI/c1-3-17-16(18-10-15-19-11(2)23-21-15)20-13-8-9-22-14-7-5-4-6-12(13)14;/h4-7,13H,3,8-10H2,1-2H3,(H2,17,18,20);1H. The summed E-state index contributed by atoms with van der Waals surface area (Å²) in [5.41, 5.74) is 1.15. The molecule has 0 fully saturated rings. The number of aryl methyl sites for hydroxylation is 1. The third-order valence-electron chi connectivity index (χ3n) is 3.56. The highest BCUT2D eigenvalue weighted by Gasteiger charge is 2.21. The van der Waals surface area contributed by atoms with Crippen molar-refractivity contribution in [2.45, 2.75) is 32.9 Å². The van der Waals surface area contributed by atoms with E-state index >= 15 is 0 Å². The Hall–Kier alpha value is -1.84. The van der Waals surface area contributed by atoms with Crippen LogP contribution in [0.4, 0.5) is 0 Å². The third kappa shape index (κ3) is 4.59. The van der Waals surface area contributed by atoms with Gasteiger partial charge in [-0.05, 0) is 13.0 Å². The Labute approximate surface area is 158 Å². The van der Waals surface area contributed by atoms with Gasteiger partial charge in [0.05, 0.1) is 12.6 Å². The summed E-state index contributed by atoms with van der Waals surface area (Å²) in [5, 5.41) is 10.6. The van der Waals surface area contributed by atoms with Crippen molar-refractivity contribution in [3.05, 3.63) is 41.5 Å². The van der Waals surface area contributed by atoms with Gasteiger partial charge in [0.1, 0.15) is 12.3 Å². The number of rotatable bonds is 4. The van der Waals surface area contributed by atoms with E-state index in [1.54, 1.807) is 6.92 Å². The Morgan fingerprint density at radius 2 is 2.21 bits per heavy atom. The number of fused-ring (bicyclic) bond motifs is 1. The molecule has 24 heavy (non-hydrogen) atoms. The number of hydrogen-bond acceptors (Lipinski definition) is 5. The first-order valence-corrected chi connectivity index (χ1v) is 7.82. The quantitative estimate of drug-likeness (QED) is 0.430. The number of ether oxygens (including phenoxy) is 1. The molecule has 0 bridgehead atoms. The number of halogens is 1. The Kier molecular flexibility index (Phi) is 6.83. The van der Waals surface area contributed by atoms with Gasteiger partial charge in [-0.3, -0.25) is 0 Å². The topological polar surface area (TPSA) is 84.6 Å². The fourth-order valence-electron chi connectivity index (χ4n) is 2.53. The van der Waals surface area contributed by atoms with Gasteiger partial charge in [-0.2, -0.15) is 4.98 Å². The summed E-state index contributed by atoms with van der Waals surface area (Å²) in [5.74, 6) is 2.79. The van der Waals surface area contributed by atoms with Crippen LogP contribution in [0.1, 0.15) is 36.7 Å². The van der Waals surface area contributed by atoms with Gasteiger partial charge in [0.25, 0.3) is 0 Å². The molecule has 2 aromatic rings. The van der Waals surface area contributed by atoms with Crippen molar-refractivity contribution >= 4 is 29.9 Å². The molecule has 1 aliphatic rings. The second-order valence-corrected chi connectivity index (χ2v) is 5.30. The largest absolute Gasteiger partial charge is 0.493 e. The second kappa shape index (κ2) is 8.86. The van der Waals surface area contributed by atoms with E-state index in [2.05, 4.69) is 31.8 Å². The average molecular weight is 443 g/mol. The van der Waals surface area contributed by atoms with Crippen LogP contribution in [0.15, 0.2) is 33.8 Å². The summed E-state index contributed by atoms with van der Waals surface area (Å²) in [6, 6.07) is 8.26. The SMILES string of the molecule is CCNC(=NCc1noc(C)n1)NC1CCOc2ccccc21.I. The van der Waals surface area contributed by atoms with Crippen molar-refractivity contribution in [2.24, 2.45) is 4.99 Å². The van der Waals surface area contributed by atoms with Crippen LogP contribution in [-0.4, -0.2) is 29.3 Å². The van der Waals surface area contributed by atoms with Gasteiger partial charge in [-0.1, -0.05) is 23.4 Å². The normalized spacial score (nSPS) is 16.6. The lowest BCUT2D eigenvalue weighted by Gasteiger charge is -2.28. The van der Waals surface area contributed by atoms with Crippen molar-refractivity contribution in [2.75, 3.05) is 13.2 Å². The maximum absolute atomic E-state index is 5.69. The molecule has 1 aromatic heterocycles. The first kappa shape index (κ1) is 18.5. The zero-order valence-corrected chi connectivity index (χ0v) is 16.1. The molecule has 2 heterocycles. The molecular weight excluding hydrogens is 421 g/mol. The molecule has 0 saturated heterocycles. The summed E-state index contributed by atoms with van der Waals surface area (Å²) in [6.07, 6.45) is 0.892. The Balaban J connectivity index is 0.00000208. The van der Waals surface area contributed by atoms with Crippen molar-refractivity contribution < 1.29 is 9.26 Å². The zero-order chi connectivity index (χ0) is 16.1. The van der Waals surface area contributed by atoms with Crippen LogP contribution in [0.5, 0.6) is 5.75 Å². The first-order chi connectivity index (χ1) is 11.3. The van der Waals surface area contributed by atoms with Crippen molar-refractivity contribution in [3.8, 4) is 5.75 Å². The summed E-state index contributed by atoms with van der Waals surface area (Å²) < 4.78 is 10.7. The maximum Gasteiger partial charge on any atom is 0.223 e. The predicted octanol–water partition coefficient (Wildman–Crippen LogP) is 2.57. The molecule has 8 heteroatoms. The highest BCUT2D eigenvalue weighted by atomic mass is 127. The summed E-state index contributed by atoms with van der Waals surface area (Å²) in [6.45, 7) is 5.65. The molecule has 3 rings (SSSR count). The second-order valence-electron chi connectivity index (χ2n) is 5.30. The minimum atomic E-state index is 0. The zero-order valence-electron chi connectivity index (χ0n) is 13.8. The van der Waals surface area contributed by atoms with Gasteiger partial charge >= 0.3 is 0 Å². The Morgan fingerprint density at radius 3 is 2.96 bits per heavy atom. The van der Waals surface area contributed by atoms with Crippen LogP contribution < -0.4 is 15.4 Å². The van der Waals surface area contributed by atoms with Crippen LogP contribution in [-0.2, 0) is 6.54 Å². The molecule has 130 valence electrons. The average Bonchev–Trinajstić information content (AvgIpc) is 2.99. The molecule has 0 saturated carbocycles. The molecular formula is C16H22IN5O2. The number of benzene rings is 1. The van der Waals surface area contributed by atoms with E-state index in [-0.39, 0.29) is 30.0 Å². The molecule has 0 aliphatic carbocycles. The molecule has 0 amide bonds. The highest BCUT2D eigenvalue weighted by Crippen LogP contribution is 2.31. The molecule has 1 aliphatic heterocycles. The van der Waals surface area contributed by atoms with E-state index in [9.17, 15) is 0 Å². The van der Waals surface area contributed by atoms with Crippen LogP contribution in [0.25, 0.3) is 0 Å². The Bertz CT molecular complexity index is 689. The summed E-state index contributed by atoms with van der Waals surface area (Å²) in [4.78, 5) is 8.70. The minimum Gasteiger partial charge on any atom is -0.493 e. The number of aromatic nitrogens is 2. The van der Waals surface area contributed by atoms with E-state index in [1.165, 1.54) is 0 Å². The number of hydrogen-bond donors (Lipinski definition) is 2. The van der Waals surface area contributed by atoms with Gasteiger partial charge in [-0.15, -0.1) is 24.0 Å². The monoisotopic (exact) mass is 443 g/mol. The van der Waals surface area contributed by atoms with Gasteiger partial charge in [0, 0.05) is 25.5 Å². The molecule has 1 aromatic carbocycles. The number of nitrogens with one attached hydrogen (secondary N) is 2. The van der Waals surface area contributed by atoms with Crippen molar-refractivity contribution in [3.63, 3.8) is 0 Å². The fourth-order valence-corrected chi connectivity index (χ4v) is 2.53. The Morgan fingerprint density at radius 1 is 1.38 bits per heavy atom. The highest BCUT2D eigenvalue weighted by molar-refractivity contribution is 14.0. The van der Waals surface area contributed by atoms with Gasteiger partial charge in [-0.25, -0.2) is 4.99 Å². The number of aliphatic imine (C=N–C) groups is 1. The van der Waals surface area contributed by atoms with Crippen LogP contribution in [0, 0.1) is 6.92 Å². The lowest BCUT2D eigenvalue weighted by atomic mass is 10.0. The molecule has 1 atom stereocenters. The lowest BCUT2D eigenvalue weighted by molar-refractivity contribution is 0.261. The third-order valence-corrected chi connectivity index (χ3v) is 3.56. The van der Waals surface area contributed by atoms with Crippen LogP contribution in [0.3, 0.4) is 0 Å². The van der Waals surface area contributed by atoms with E-state index in [0.717, 1.165) is 30.2 Å². The van der Waals surface area contributed by atoms with E-state index < -0.39 is 0 Å². The number of guanidine groups is 1. The van der Waals surface area contributed by atoms with Crippen LogP contribution in [0.2, 0.25) is 0 Å². The molecule has 0 radical (unpaired) electrons. The lowest BCUT2D eigenvalue weighted by Crippen LogP contribution is -2.41. The smallest absolute Gasteiger partial charge is 0.223 e. The minimum absolute atomic E-state index is 0. The fraction of sp³-hybridized carbons (Fsp3) is 0.438. The van der Waals surface area contributed by atoms with Gasteiger partial charge in [0.15, 0.2) is 11.8 Å². The predicted molar refractivity (Wildman–Crippen MR) is 102 cm³/mol. The van der Waals surface area contributed by atoms with Crippen molar-refractivity contribution in [1.29, 1.82) is 0 Å². The molecule has 7 nitrogen and oxygen atoms in total. The van der Waals surface area contributed by atoms with E-state index in [0.29, 0.717) is 24.9 Å². The van der Waals surface area contributed by atoms with E-state index in [1.807, 2.05) is 25.1 Å².